The Balaban J connectivity index is 2.18. The zero-order valence-corrected chi connectivity index (χ0v) is 10.3. The monoisotopic (exact) mass is 276 g/mol. The van der Waals surface area contributed by atoms with Crippen LogP contribution in [0.3, 0.4) is 0 Å². The highest BCUT2D eigenvalue weighted by Crippen LogP contribution is 2.37. The van der Waals surface area contributed by atoms with E-state index in [9.17, 15) is 13.2 Å². The van der Waals surface area contributed by atoms with Crippen LogP contribution >= 0.6 is 11.3 Å². The normalized spacial score (nSPS) is 24.1. The molecule has 1 aliphatic carbocycles. The first-order valence-electron chi connectivity index (χ1n) is 5.14. The standard InChI is InChI=1S/C11H11F3N2OS/c1-10(17-11(12,13)14)4-2-3-7(5-10)8-6-18-9(15)16-8/h2-4,6H,5H2,1H3,(H2,15,16). The number of nitrogen functional groups attached to an aromatic ring is 1. The van der Waals surface area contributed by atoms with Gasteiger partial charge < -0.3 is 5.73 Å². The summed E-state index contributed by atoms with van der Waals surface area (Å²) in [6.45, 7) is 1.39. The molecule has 0 bridgehead atoms. The number of allylic oxidation sites excluding steroid dienone is 2. The molecule has 98 valence electrons. The predicted octanol–water partition coefficient (Wildman–Crippen LogP) is 3.36. The number of rotatable bonds is 2. The number of hydrogen-bond acceptors (Lipinski definition) is 4. The lowest BCUT2D eigenvalue weighted by atomic mass is 9.90. The zero-order chi connectivity index (χ0) is 13.4. The minimum Gasteiger partial charge on any atom is -0.375 e. The number of hydrogen-bond donors (Lipinski definition) is 1. The topological polar surface area (TPSA) is 48.1 Å². The Morgan fingerprint density at radius 1 is 1.50 bits per heavy atom. The van der Waals surface area contributed by atoms with E-state index in [1.54, 1.807) is 17.5 Å². The summed E-state index contributed by atoms with van der Waals surface area (Å²) in [4.78, 5) is 4.05. The van der Waals surface area contributed by atoms with Crippen LogP contribution in [0.25, 0.3) is 5.57 Å². The minimum absolute atomic E-state index is 0.103. The quantitative estimate of drug-likeness (QED) is 0.901. The van der Waals surface area contributed by atoms with Crippen LogP contribution < -0.4 is 5.73 Å². The highest BCUT2D eigenvalue weighted by atomic mass is 32.1. The van der Waals surface area contributed by atoms with E-state index in [2.05, 4.69) is 9.72 Å². The lowest BCUT2D eigenvalue weighted by Crippen LogP contribution is -2.34. The van der Waals surface area contributed by atoms with Crippen molar-refractivity contribution in [2.45, 2.75) is 25.3 Å². The number of nitrogens with two attached hydrogens (primary N) is 1. The average molecular weight is 276 g/mol. The van der Waals surface area contributed by atoms with Crippen molar-refractivity contribution in [1.82, 2.24) is 4.98 Å². The van der Waals surface area contributed by atoms with E-state index in [0.717, 1.165) is 0 Å². The highest BCUT2D eigenvalue weighted by Gasteiger charge is 2.40. The van der Waals surface area contributed by atoms with Crippen molar-refractivity contribution in [3.63, 3.8) is 0 Å². The van der Waals surface area contributed by atoms with Crippen LogP contribution in [0.2, 0.25) is 0 Å². The molecule has 1 atom stereocenters. The molecule has 2 N–H and O–H groups in total. The Morgan fingerprint density at radius 3 is 2.78 bits per heavy atom. The number of alkyl halides is 3. The van der Waals surface area contributed by atoms with Gasteiger partial charge in [0.25, 0.3) is 0 Å². The molecule has 2 rings (SSSR count). The van der Waals surface area contributed by atoms with Crippen LogP contribution in [-0.4, -0.2) is 16.9 Å². The van der Waals surface area contributed by atoms with Crippen molar-refractivity contribution in [3.05, 3.63) is 29.3 Å². The van der Waals surface area contributed by atoms with Gasteiger partial charge in [-0.3, -0.25) is 4.74 Å². The van der Waals surface area contributed by atoms with Gasteiger partial charge in [0.2, 0.25) is 0 Å². The summed E-state index contributed by atoms with van der Waals surface area (Å²) in [5.74, 6) is 0. The molecular formula is C11H11F3N2OS. The first kappa shape index (κ1) is 13.1. The molecule has 3 nitrogen and oxygen atoms in total. The van der Waals surface area contributed by atoms with Crippen molar-refractivity contribution in [2.24, 2.45) is 0 Å². The number of anilines is 1. The summed E-state index contributed by atoms with van der Waals surface area (Å²) in [7, 11) is 0. The second-order valence-corrected chi connectivity index (χ2v) is 5.05. The minimum atomic E-state index is -4.66. The van der Waals surface area contributed by atoms with Crippen LogP contribution in [-0.2, 0) is 4.74 Å². The van der Waals surface area contributed by atoms with Gasteiger partial charge in [-0.05, 0) is 12.5 Å². The smallest absolute Gasteiger partial charge is 0.375 e. The van der Waals surface area contributed by atoms with E-state index in [4.69, 9.17) is 5.73 Å². The van der Waals surface area contributed by atoms with Gasteiger partial charge in [-0.25, -0.2) is 4.98 Å². The summed E-state index contributed by atoms with van der Waals surface area (Å²) in [5.41, 5.74) is 5.38. The molecule has 0 aromatic carbocycles. The number of ether oxygens (including phenoxy) is 1. The molecule has 7 heteroatoms. The first-order valence-corrected chi connectivity index (χ1v) is 6.02. The molecule has 0 radical (unpaired) electrons. The van der Waals surface area contributed by atoms with Gasteiger partial charge in [0, 0.05) is 11.8 Å². The third-order valence-electron chi connectivity index (χ3n) is 2.49. The van der Waals surface area contributed by atoms with Gasteiger partial charge in [0.15, 0.2) is 5.13 Å². The fourth-order valence-electron chi connectivity index (χ4n) is 1.81. The van der Waals surface area contributed by atoms with Gasteiger partial charge in [0.1, 0.15) is 0 Å². The van der Waals surface area contributed by atoms with Crippen LogP contribution in [0.4, 0.5) is 18.3 Å². The SMILES string of the molecule is CC1(OC(F)(F)F)C=CC=C(c2csc(N)n2)C1. The van der Waals surface area contributed by atoms with Crippen LogP contribution in [0.1, 0.15) is 19.0 Å². The van der Waals surface area contributed by atoms with Crippen molar-refractivity contribution < 1.29 is 17.9 Å². The molecule has 1 aromatic rings. The van der Waals surface area contributed by atoms with Crippen molar-refractivity contribution in [2.75, 3.05) is 5.73 Å². The molecule has 0 fully saturated rings. The van der Waals surface area contributed by atoms with E-state index in [1.165, 1.54) is 24.3 Å². The molecule has 1 unspecified atom stereocenters. The Morgan fingerprint density at radius 2 is 2.22 bits per heavy atom. The van der Waals surface area contributed by atoms with Gasteiger partial charge >= 0.3 is 6.36 Å². The van der Waals surface area contributed by atoms with Gasteiger partial charge in [-0.15, -0.1) is 24.5 Å². The molecule has 1 aliphatic rings. The maximum absolute atomic E-state index is 12.3. The number of aromatic nitrogens is 1. The van der Waals surface area contributed by atoms with Crippen LogP contribution in [0.5, 0.6) is 0 Å². The Kier molecular flexibility index (Phi) is 3.20. The number of nitrogens with zero attached hydrogens (tertiary/aromatic N) is 1. The van der Waals surface area contributed by atoms with E-state index < -0.39 is 12.0 Å². The molecule has 0 aliphatic heterocycles. The zero-order valence-electron chi connectivity index (χ0n) is 9.49. The molecule has 1 aromatic heterocycles. The largest absolute Gasteiger partial charge is 0.523 e. The van der Waals surface area contributed by atoms with Crippen LogP contribution in [0.15, 0.2) is 23.6 Å². The third-order valence-corrected chi connectivity index (χ3v) is 3.16. The lowest BCUT2D eigenvalue weighted by Gasteiger charge is -2.30. The molecule has 1 heterocycles. The summed E-state index contributed by atoms with van der Waals surface area (Å²) >= 11 is 1.25. The lowest BCUT2D eigenvalue weighted by molar-refractivity contribution is -0.354. The Hall–Kier alpha value is -1.34. The third kappa shape index (κ3) is 3.11. The number of halogens is 3. The summed E-state index contributed by atoms with van der Waals surface area (Å²) in [6, 6.07) is 0. The molecule has 0 spiro atoms. The predicted molar refractivity (Wildman–Crippen MR) is 63.8 cm³/mol. The Labute approximate surface area is 106 Å². The molecule has 0 amide bonds. The fourth-order valence-corrected chi connectivity index (χ4v) is 2.40. The van der Waals surface area contributed by atoms with Crippen LogP contribution in [0, 0.1) is 0 Å². The summed E-state index contributed by atoms with van der Waals surface area (Å²) in [5, 5.41) is 2.10. The maximum Gasteiger partial charge on any atom is 0.523 e. The van der Waals surface area contributed by atoms with Gasteiger partial charge in [-0.1, -0.05) is 18.2 Å². The fraction of sp³-hybridized carbons (Fsp3) is 0.364. The van der Waals surface area contributed by atoms with Gasteiger partial charge in [0.05, 0.1) is 11.3 Å². The second-order valence-electron chi connectivity index (χ2n) is 4.16. The maximum atomic E-state index is 12.3. The first-order chi connectivity index (χ1) is 8.27. The van der Waals surface area contributed by atoms with Crippen molar-refractivity contribution >= 4 is 22.0 Å². The van der Waals surface area contributed by atoms with Crippen molar-refractivity contribution in [1.29, 1.82) is 0 Å². The average Bonchev–Trinajstić information content (AvgIpc) is 2.61. The molecule has 18 heavy (non-hydrogen) atoms. The van der Waals surface area contributed by atoms with E-state index >= 15 is 0 Å². The number of thiazole rings is 1. The van der Waals surface area contributed by atoms with E-state index in [0.29, 0.717) is 16.4 Å². The highest BCUT2D eigenvalue weighted by molar-refractivity contribution is 7.13. The van der Waals surface area contributed by atoms with Gasteiger partial charge in [-0.2, -0.15) is 0 Å². The summed E-state index contributed by atoms with van der Waals surface area (Å²) < 4.78 is 41.1. The van der Waals surface area contributed by atoms with E-state index in [1.807, 2.05) is 0 Å². The Bertz CT molecular complexity index is 507. The second kappa shape index (κ2) is 4.40. The summed E-state index contributed by atoms with van der Waals surface area (Å²) in [6.07, 6.45) is 0.0879. The molecule has 0 saturated heterocycles. The molecular weight excluding hydrogens is 265 g/mol. The van der Waals surface area contributed by atoms with Crippen molar-refractivity contribution in [3.8, 4) is 0 Å². The van der Waals surface area contributed by atoms with E-state index in [-0.39, 0.29) is 6.42 Å². The molecule has 0 saturated carbocycles.